The molecule has 27 heavy (non-hydrogen) atoms. The number of rotatable bonds is 2. The number of aliphatic hydroxyl groups excluding tert-OH is 1. The largest absolute Gasteiger partial charge is 0.462 e. The minimum atomic E-state index is -1.06. The van der Waals surface area contributed by atoms with E-state index >= 15 is 0 Å². The molecular formula is C22H29NO4. The van der Waals surface area contributed by atoms with Gasteiger partial charge in [0.2, 0.25) is 0 Å². The molecule has 7 atom stereocenters. The van der Waals surface area contributed by atoms with Gasteiger partial charge < -0.3 is 9.84 Å². The van der Waals surface area contributed by atoms with E-state index in [0.29, 0.717) is 24.7 Å². The van der Waals surface area contributed by atoms with Crippen LogP contribution in [-0.4, -0.2) is 29.1 Å². The quantitative estimate of drug-likeness (QED) is 0.594. The summed E-state index contributed by atoms with van der Waals surface area (Å²) < 4.78 is 5.68. The van der Waals surface area contributed by atoms with Gasteiger partial charge in [0.25, 0.3) is 0 Å². The highest BCUT2D eigenvalue weighted by Gasteiger charge is 2.62. The molecule has 0 saturated heterocycles. The van der Waals surface area contributed by atoms with E-state index in [-0.39, 0.29) is 29.2 Å². The average Bonchev–Trinajstić information content (AvgIpc) is 2.96. The van der Waals surface area contributed by atoms with E-state index in [1.807, 2.05) is 0 Å². The Balaban J connectivity index is 1.70. The first-order chi connectivity index (χ1) is 12.8. The maximum absolute atomic E-state index is 12.0. The maximum atomic E-state index is 12.0. The lowest BCUT2D eigenvalue weighted by Gasteiger charge is -2.59. The Kier molecular flexibility index (Phi) is 4.46. The number of carbonyl (C=O) groups is 2. The number of hydrogen-bond donors (Lipinski definition) is 1. The van der Waals surface area contributed by atoms with Gasteiger partial charge in [-0.2, -0.15) is 5.26 Å². The van der Waals surface area contributed by atoms with Gasteiger partial charge in [-0.1, -0.05) is 12.5 Å². The summed E-state index contributed by atoms with van der Waals surface area (Å²) in [6.07, 6.45) is 7.23. The molecule has 0 amide bonds. The lowest BCUT2D eigenvalue weighted by molar-refractivity contribution is -0.158. The first kappa shape index (κ1) is 18.7. The Morgan fingerprint density at radius 1 is 1.26 bits per heavy atom. The Hall–Kier alpha value is -1.67. The van der Waals surface area contributed by atoms with Gasteiger partial charge in [0.15, 0.2) is 5.78 Å². The molecule has 3 saturated carbocycles. The van der Waals surface area contributed by atoms with Crippen LogP contribution in [0, 0.1) is 39.9 Å². The van der Waals surface area contributed by atoms with E-state index in [9.17, 15) is 20.0 Å². The van der Waals surface area contributed by atoms with E-state index in [0.717, 1.165) is 44.1 Å². The summed E-state index contributed by atoms with van der Waals surface area (Å²) in [5, 5.41) is 20.4. The zero-order valence-electron chi connectivity index (χ0n) is 16.2. The minimum Gasteiger partial charge on any atom is -0.462 e. The number of ketones is 1. The summed E-state index contributed by atoms with van der Waals surface area (Å²) in [7, 11) is 0. The molecule has 3 fully saturated rings. The molecule has 5 heteroatoms. The Labute approximate surface area is 160 Å². The van der Waals surface area contributed by atoms with Crippen LogP contribution in [0.25, 0.3) is 0 Å². The first-order valence-electron chi connectivity index (χ1n) is 10.3. The van der Waals surface area contributed by atoms with Gasteiger partial charge in [-0.15, -0.1) is 0 Å². The molecule has 4 aliphatic rings. The summed E-state index contributed by atoms with van der Waals surface area (Å²) in [6.45, 7) is 3.74. The molecule has 4 aliphatic carbocycles. The van der Waals surface area contributed by atoms with Crippen molar-refractivity contribution < 1.29 is 19.4 Å². The van der Waals surface area contributed by atoms with Crippen molar-refractivity contribution in [1.29, 1.82) is 5.26 Å². The lowest BCUT2D eigenvalue weighted by atomic mass is 9.45. The van der Waals surface area contributed by atoms with E-state index in [1.165, 1.54) is 6.92 Å². The van der Waals surface area contributed by atoms with Gasteiger partial charge in [-0.3, -0.25) is 9.59 Å². The normalized spacial score (nSPS) is 44.2. The Bertz CT molecular complexity index is 737. The van der Waals surface area contributed by atoms with Crippen LogP contribution in [0.15, 0.2) is 11.6 Å². The van der Waals surface area contributed by atoms with E-state index in [1.54, 1.807) is 6.08 Å². The van der Waals surface area contributed by atoms with Crippen molar-refractivity contribution in [2.45, 2.75) is 77.4 Å². The fraction of sp³-hybridized carbons (Fsp3) is 0.773. The fourth-order valence-corrected chi connectivity index (χ4v) is 7.25. The molecule has 1 N–H and O–H groups in total. The SMILES string of the molecule is CC(=O)OC1CCC2C3CCC4=CC(=O)CCC4(C(O)C#N)C3CCC12C. The van der Waals surface area contributed by atoms with Crippen LogP contribution in [0.1, 0.15) is 65.2 Å². The molecule has 4 rings (SSSR count). The van der Waals surface area contributed by atoms with Crippen molar-refractivity contribution in [1.82, 2.24) is 0 Å². The number of nitriles is 1. The molecule has 0 aromatic carbocycles. The van der Waals surface area contributed by atoms with Crippen LogP contribution < -0.4 is 0 Å². The van der Waals surface area contributed by atoms with Crippen LogP contribution in [0.5, 0.6) is 0 Å². The van der Waals surface area contributed by atoms with Crippen molar-refractivity contribution >= 4 is 11.8 Å². The van der Waals surface area contributed by atoms with Gasteiger partial charge in [0, 0.05) is 24.2 Å². The van der Waals surface area contributed by atoms with Crippen molar-refractivity contribution in [3.8, 4) is 6.07 Å². The number of carbonyl (C=O) groups excluding carboxylic acids is 2. The van der Waals surface area contributed by atoms with Crippen molar-refractivity contribution in [3.05, 3.63) is 11.6 Å². The zero-order valence-corrected chi connectivity index (χ0v) is 16.2. The Morgan fingerprint density at radius 2 is 2.04 bits per heavy atom. The fourth-order valence-electron chi connectivity index (χ4n) is 7.25. The second kappa shape index (κ2) is 6.44. The van der Waals surface area contributed by atoms with Crippen LogP contribution in [0.3, 0.4) is 0 Å². The zero-order chi connectivity index (χ0) is 19.4. The molecule has 0 spiro atoms. The topological polar surface area (TPSA) is 87.4 Å². The standard InChI is InChI=1S/C22H29NO4/c1-13(24)27-20-6-5-17-16-4-3-14-11-15(25)7-10-22(14,19(26)12-23)18(16)8-9-21(17,20)2/h11,16-20,26H,3-10H2,1-2H3. The number of aliphatic hydroxyl groups is 1. The van der Waals surface area contributed by atoms with Gasteiger partial charge >= 0.3 is 5.97 Å². The van der Waals surface area contributed by atoms with E-state index < -0.39 is 11.5 Å². The number of fused-ring (bicyclic) bond motifs is 5. The van der Waals surface area contributed by atoms with Crippen molar-refractivity contribution in [2.75, 3.05) is 0 Å². The minimum absolute atomic E-state index is 0.0165. The maximum Gasteiger partial charge on any atom is 0.302 e. The highest BCUT2D eigenvalue weighted by atomic mass is 16.5. The van der Waals surface area contributed by atoms with Gasteiger partial charge in [0.1, 0.15) is 12.2 Å². The van der Waals surface area contributed by atoms with Crippen molar-refractivity contribution in [3.63, 3.8) is 0 Å². The molecule has 0 aromatic rings. The molecule has 0 radical (unpaired) electrons. The van der Waals surface area contributed by atoms with Gasteiger partial charge in [-0.25, -0.2) is 0 Å². The summed E-state index contributed by atoms with van der Waals surface area (Å²) in [4.78, 5) is 23.6. The molecule has 0 aliphatic heterocycles. The van der Waals surface area contributed by atoms with E-state index in [4.69, 9.17) is 4.74 Å². The average molecular weight is 371 g/mol. The predicted octanol–water partition coefficient (Wildman–Crippen LogP) is 3.31. The number of ether oxygens (including phenoxy) is 1. The lowest BCUT2D eigenvalue weighted by Crippen LogP contribution is -2.56. The third-order valence-corrected chi connectivity index (χ3v) is 8.40. The summed E-state index contributed by atoms with van der Waals surface area (Å²) in [5.74, 6) is 1.01. The summed E-state index contributed by atoms with van der Waals surface area (Å²) in [5.41, 5.74) is 0.427. The predicted molar refractivity (Wildman–Crippen MR) is 98.2 cm³/mol. The second-order valence-corrected chi connectivity index (χ2v) is 9.34. The van der Waals surface area contributed by atoms with Crippen LogP contribution in [0.2, 0.25) is 0 Å². The molecule has 7 unspecified atom stereocenters. The molecule has 0 heterocycles. The third-order valence-electron chi connectivity index (χ3n) is 8.40. The van der Waals surface area contributed by atoms with Crippen LogP contribution in [0.4, 0.5) is 0 Å². The molecule has 5 nitrogen and oxygen atoms in total. The monoisotopic (exact) mass is 371 g/mol. The summed E-state index contributed by atoms with van der Waals surface area (Å²) in [6, 6.07) is 2.11. The highest BCUT2D eigenvalue weighted by molar-refractivity contribution is 5.91. The summed E-state index contributed by atoms with van der Waals surface area (Å²) >= 11 is 0. The Morgan fingerprint density at radius 3 is 2.74 bits per heavy atom. The van der Waals surface area contributed by atoms with Gasteiger partial charge in [-0.05, 0) is 68.8 Å². The molecular weight excluding hydrogens is 342 g/mol. The van der Waals surface area contributed by atoms with Crippen molar-refractivity contribution in [2.24, 2.45) is 28.6 Å². The number of hydrogen-bond acceptors (Lipinski definition) is 5. The van der Waals surface area contributed by atoms with E-state index in [2.05, 4.69) is 13.0 Å². The highest BCUT2D eigenvalue weighted by Crippen LogP contribution is 2.66. The van der Waals surface area contributed by atoms with Crippen LogP contribution >= 0.6 is 0 Å². The number of nitrogens with zero attached hydrogens (tertiary/aromatic N) is 1. The third kappa shape index (κ3) is 2.60. The molecule has 0 bridgehead atoms. The molecule has 0 aromatic heterocycles. The van der Waals surface area contributed by atoms with Crippen LogP contribution in [-0.2, 0) is 14.3 Å². The smallest absolute Gasteiger partial charge is 0.302 e. The first-order valence-corrected chi connectivity index (χ1v) is 10.3. The second-order valence-electron chi connectivity index (χ2n) is 9.34. The molecule has 146 valence electrons. The van der Waals surface area contributed by atoms with Gasteiger partial charge in [0.05, 0.1) is 6.07 Å². The number of esters is 1.